The van der Waals surface area contributed by atoms with Gasteiger partial charge in [0.2, 0.25) is 0 Å². The van der Waals surface area contributed by atoms with Crippen LogP contribution in [0.2, 0.25) is 0 Å². The predicted molar refractivity (Wildman–Crippen MR) is 88.8 cm³/mol. The standard InChI is InChI=1S/C15H21N3O3S/c1-10-4-2-3-5-13(10)17-15(22)16-9-11-8-12(18(20)21)6-7-14(11)19/h6-8,10,13,19H,2-5,9H2,1H3,(H2,16,17,22)/t10-,13+/m0/s1. The minimum Gasteiger partial charge on any atom is -0.508 e. The van der Waals surface area contributed by atoms with Crippen LogP contribution in [0.4, 0.5) is 5.69 Å². The molecule has 2 atom stereocenters. The summed E-state index contributed by atoms with van der Waals surface area (Å²) >= 11 is 5.28. The van der Waals surface area contributed by atoms with Crippen LogP contribution in [0, 0.1) is 16.0 Å². The molecule has 22 heavy (non-hydrogen) atoms. The third-order valence-electron chi connectivity index (χ3n) is 4.14. The van der Waals surface area contributed by atoms with Gasteiger partial charge in [-0.15, -0.1) is 0 Å². The van der Waals surface area contributed by atoms with Gasteiger partial charge >= 0.3 is 0 Å². The van der Waals surface area contributed by atoms with Crippen molar-refractivity contribution in [2.24, 2.45) is 5.92 Å². The van der Waals surface area contributed by atoms with Crippen LogP contribution >= 0.6 is 12.2 Å². The van der Waals surface area contributed by atoms with Crippen LogP contribution in [-0.2, 0) is 6.54 Å². The molecule has 0 aromatic heterocycles. The lowest BCUT2D eigenvalue weighted by Crippen LogP contribution is -2.45. The molecule has 0 spiro atoms. The first-order valence-electron chi connectivity index (χ1n) is 7.48. The van der Waals surface area contributed by atoms with Crippen molar-refractivity contribution in [3.8, 4) is 5.75 Å². The lowest BCUT2D eigenvalue weighted by molar-refractivity contribution is -0.384. The summed E-state index contributed by atoms with van der Waals surface area (Å²) in [5.41, 5.74) is 0.407. The van der Waals surface area contributed by atoms with Crippen LogP contribution in [0.5, 0.6) is 5.75 Å². The van der Waals surface area contributed by atoms with Crippen molar-refractivity contribution in [3.63, 3.8) is 0 Å². The van der Waals surface area contributed by atoms with Gasteiger partial charge in [0.05, 0.1) is 4.92 Å². The van der Waals surface area contributed by atoms with Gasteiger partial charge in [-0.3, -0.25) is 10.1 Å². The van der Waals surface area contributed by atoms with E-state index in [1.807, 2.05) is 0 Å². The Morgan fingerprint density at radius 3 is 2.86 bits per heavy atom. The highest BCUT2D eigenvalue weighted by molar-refractivity contribution is 7.80. The number of nitrogens with one attached hydrogen (secondary N) is 2. The Morgan fingerprint density at radius 1 is 1.45 bits per heavy atom. The Kier molecular flexibility index (Phi) is 5.54. The maximum Gasteiger partial charge on any atom is 0.270 e. The number of hydrogen-bond donors (Lipinski definition) is 3. The molecular weight excluding hydrogens is 302 g/mol. The highest BCUT2D eigenvalue weighted by Gasteiger charge is 2.21. The van der Waals surface area contributed by atoms with E-state index in [-0.39, 0.29) is 18.0 Å². The van der Waals surface area contributed by atoms with Crippen molar-refractivity contribution in [3.05, 3.63) is 33.9 Å². The normalized spacial score (nSPS) is 21.1. The first-order valence-corrected chi connectivity index (χ1v) is 7.89. The van der Waals surface area contributed by atoms with Gasteiger partial charge in [-0.2, -0.15) is 0 Å². The third-order valence-corrected chi connectivity index (χ3v) is 4.40. The van der Waals surface area contributed by atoms with Gasteiger partial charge in [0.15, 0.2) is 5.11 Å². The molecular formula is C15H21N3O3S. The molecule has 0 amide bonds. The van der Waals surface area contributed by atoms with E-state index in [0.717, 1.165) is 6.42 Å². The molecule has 0 heterocycles. The molecule has 2 rings (SSSR count). The average molecular weight is 323 g/mol. The number of phenolic OH excluding ortho intramolecular Hbond substituents is 1. The van der Waals surface area contributed by atoms with Gasteiger partial charge in [-0.1, -0.05) is 19.8 Å². The van der Waals surface area contributed by atoms with E-state index in [1.54, 1.807) is 0 Å². The monoisotopic (exact) mass is 323 g/mol. The molecule has 6 nitrogen and oxygen atoms in total. The van der Waals surface area contributed by atoms with Crippen molar-refractivity contribution < 1.29 is 10.0 Å². The highest BCUT2D eigenvalue weighted by Crippen LogP contribution is 2.24. The number of nitro benzene ring substituents is 1. The molecule has 120 valence electrons. The van der Waals surface area contributed by atoms with Crippen LogP contribution in [0.1, 0.15) is 38.2 Å². The van der Waals surface area contributed by atoms with Gasteiger partial charge in [-0.25, -0.2) is 0 Å². The Morgan fingerprint density at radius 2 is 2.18 bits per heavy atom. The minimum absolute atomic E-state index is 0.0203. The lowest BCUT2D eigenvalue weighted by atomic mass is 9.86. The molecule has 0 bridgehead atoms. The molecule has 0 unspecified atom stereocenters. The van der Waals surface area contributed by atoms with Crippen molar-refractivity contribution in [1.29, 1.82) is 0 Å². The number of rotatable bonds is 4. The maximum absolute atomic E-state index is 10.8. The van der Waals surface area contributed by atoms with E-state index in [2.05, 4.69) is 17.6 Å². The summed E-state index contributed by atoms with van der Waals surface area (Å²) in [4.78, 5) is 10.3. The Bertz CT molecular complexity index is 565. The van der Waals surface area contributed by atoms with Crippen LogP contribution in [0.3, 0.4) is 0 Å². The van der Waals surface area contributed by atoms with E-state index in [4.69, 9.17) is 12.2 Å². The molecule has 1 aliphatic carbocycles. The van der Waals surface area contributed by atoms with E-state index in [1.165, 1.54) is 37.5 Å². The Hall–Kier alpha value is -1.89. The van der Waals surface area contributed by atoms with Gasteiger partial charge < -0.3 is 15.7 Å². The van der Waals surface area contributed by atoms with Gasteiger partial charge in [-0.05, 0) is 37.0 Å². The fourth-order valence-corrected chi connectivity index (χ4v) is 2.98. The molecule has 7 heteroatoms. The van der Waals surface area contributed by atoms with Crippen molar-refractivity contribution in [2.45, 2.75) is 45.2 Å². The lowest BCUT2D eigenvalue weighted by Gasteiger charge is -2.30. The van der Waals surface area contributed by atoms with Crippen LogP contribution < -0.4 is 10.6 Å². The zero-order valence-electron chi connectivity index (χ0n) is 12.5. The number of thiocarbonyl (C=S) groups is 1. The summed E-state index contributed by atoms with van der Waals surface area (Å²) in [5, 5.41) is 27.4. The first kappa shape index (κ1) is 16.5. The van der Waals surface area contributed by atoms with Crippen molar-refractivity contribution in [2.75, 3.05) is 0 Å². The Balaban J connectivity index is 1.90. The second-order valence-corrected chi connectivity index (χ2v) is 6.17. The maximum atomic E-state index is 10.8. The highest BCUT2D eigenvalue weighted by atomic mass is 32.1. The molecule has 0 saturated heterocycles. The van der Waals surface area contributed by atoms with Gasteiger partial charge in [0, 0.05) is 30.3 Å². The van der Waals surface area contributed by atoms with Crippen LogP contribution in [0.25, 0.3) is 0 Å². The number of benzene rings is 1. The summed E-state index contributed by atoms with van der Waals surface area (Å²) in [5.74, 6) is 0.603. The number of non-ortho nitro benzene ring substituents is 1. The van der Waals surface area contributed by atoms with E-state index >= 15 is 0 Å². The fraction of sp³-hybridized carbons (Fsp3) is 0.533. The Labute approximate surface area is 135 Å². The minimum atomic E-state index is -0.483. The summed E-state index contributed by atoms with van der Waals surface area (Å²) < 4.78 is 0. The number of nitro groups is 1. The molecule has 1 saturated carbocycles. The largest absolute Gasteiger partial charge is 0.508 e. The molecule has 1 fully saturated rings. The molecule has 0 radical (unpaired) electrons. The first-order chi connectivity index (χ1) is 10.5. The van der Waals surface area contributed by atoms with Gasteiger partial charge in [0.25, 0.3) is 5.69 Å². The smallest absolute Gasteiger partial charge is 0.270 e. The summed E-state index contributed by atoms with van der Waals surface area (Å²) in [6, 6.07) is 4.33. The summed E-state index contributed by atoms with van der Waals surface area (Å²) in [6.45, 7) is 2.46. The zero-order valence-corrected chi connectivity index (χ0v) is 13.4. The summed E-state index contributed by atoms with van der Waals surface area (Å²) in [6.07, 6.45) is 4.77. The number of aromatic hydroxyl groups is 1. The van der Waals surface area contributed by atoms with Crippen molar-refractivity contribution >= 4 is 23.0 Å². The number of nitrogens with zero attached hydrogens (tertiary/aromatic N) is 1. The SMILES string of the molecule is C[C@H]1CCCC[C@H]1NC(=S)NCc1cc([N+](=O)[O-])ccc1O. The predicted octanol–water partition coefficient (Wildman–Crippen LogP) is 2.84. The number of phenols is 1. The van der Waals surface area contributed by atoms with Gasteiger partial charge in [0.1, 0.15) is 5.75 Å². The molecule has 1 aromatic carbocycles. The summed E-state index contributed by atoms with van der Waals surface area (Å²) in [7, 11) is 0. The second-order valence-electron chi connectivity index (χ2n) is 5.77. The molecule has 0 aliphatic heterocycles. The molecule has 3 N–H and O–H groups in total. The number of hydrogen-bond acceptors (Lipinski definition) is 4. The quantitative estimate of drug-likeness (QED) is 0.449. The van der Waals surface area contributed by atoms with Crippen LogP contribution in [0.15, 0.2) is 18.2 Å². The van der Waals surface area contributed by atoms with E-state index in [9.17, 15) is 15.2 Å². The van der Waals surface area contributed by atoms with Crippen molar-refractivity contribution in [1.82, 2.24) is 10.6 Å². The molecule has 1 aromatic rings. The average Bonchev–Trinajstić information content (AvgIpc) is 2.48. The molecule has 1 aliphatic rings. The van der Waals surface area contributed by atoms with E-state index < -0.39 is 4.92 Å². The second kappa shape index (κ2) is 7.40. The topological polar surface area (TPSA) is 87.4 Å². The fourth-order valence-electron chi connectivity index (χ4n) is 2.75. The van der Waals surface area contributed by atoms with E-state index in [0.29, 0.717) is 22.6 Å². The zero-order chi connectivity index (χ0) is 16.1. The third kappa shape index (κ3) is 4.30. The van der Waals surface area contributed by atoms with Crippen LogP contribution in [-0.4, -0.2) is 21.2 Å².